The van der Waals surface area contributed by atoms with E-state index >= 15 is 0 Å². The largest absolute Gasteiger partial charge is 0.484 e. The van der Waals surface area contributed by atoms with E-state index in [4.69, 9.17) is 14.7 Å². The second-order valence-electron chi connectivity index (χ2n) is 5.15. The SMILES string of the molecule is C[C@@H](NC(=O)COc1ccc(C#N)cc1)C(=O)N1CCOCC1. The topological polar surface area (TPSA) is 91.7 Å². The Bertz CT molecular complexity index is 588. The van der Waals surface area contributed by atoms with Gasteiger partial charge in [-0.3, -0.25) is 9.59 Å². The molecule has 7 heteroatoms. The van der Waals surface area contributed by atoms with Crippen LogP contribution < -0.4 is 10.1 Å². The first kappa shape index (κ1) is 16.8. The van der Waals surface area contributed by atoms with Crippen molar-refractivity contribution < 1.29 is 19.1 Å². The van der Waals surface area contributed by atoms with Crippen molar-refractivity contribution in [1.82, 2.24) is 10.2 Å². The van der Waals surface area contributed by atoms with E-state index in [-0.39, 0.29) is 18.4 Å². The van der Waals surface area contributed by atoms with Crippen molar-refractivity contribution >= 4 is 11.8 Å². The summed E-state index contributed by atoms with van der Waals surface area (Å²) >= 11 is 0. The summed E-state index contributed by atoms with van der Waals surface area (Å²) in [5.74, 6) is -0.00481. The van der Waals surface area contributed by atoms with Gasteiger partial charge in [0.15, 0.2) is 6.61 Å². The van der Waals surface area contributed by atoms with Crippen LogP contribution in [0.1, 0.15) is 12.5 Å². The molecule has 0 aliphatic carbocycles. The lowest BCUT2D eigenvalue weighted by Gasteiger charge is -2.29. The Labute approximate surface area is 134 Å². The molecular weight excluding hydrogens is 298 g/mol. The lowest BCUT2D eigenvalue weighted by atomic mass is 10.2. The molecule has 0 bridgehead atoms. The average molecular weight is 317 g/mol. The molecule has 1 heterocycles. The summed E-state index contributed by atoms with van der Waals surface area (Å²) in [5.41, 5.74) is 0.520. The number of nitriles is 1. The zero-order valence-electron chi connectivity index (χ0n) is 12.9. The number of carbonyl (C=O) groups excluding carboxylic acids is 2. The predicted molar refractivity (Wildman–Crippen MR) is 81.7 cm³/mol. The smallest absolute Gasteiger partial charge is 0.258 e. The normalized spacial score (nSPS) is 15.4. The predicted octanol–water partition coefficient (Wildman–Crippen LogP) is 0.301. The molecule has 0 radical (unpaired) electrons. The molecule has 1 aromatic carbocycles. The minimum atomic E-state index is -0.606. The average Bonchev–Trinajstić information content (AvgIpc) is 2.60. The third-order valence-electron chi connectivity index (χ3n) is 3.42. The third-order valence-corrected chi connectivity index (χ3v) is 3.42. The minimum Gasteiger partial charge on any atom is -0.484 e. The summed E-state index contributed by atoms with van der Waals surface area (Å²) < 4.78 is 10.5. The number of nitrogens with one attached hydrogen (secondary N) is 1. The van der Waals surface area contributed by atoms with Gasteiger partial charge >= 0.3 is 0 Å². The van der Waals surface area contributed by atoms with Gasteiger partial charge in [-0.05, 0) is 31.2 Å². The first-order valence-corrected chi connectivity index (χ1v) is 7.39. The number of morpholine rings is 1. The molecule has 1 saturated heterocycles. The Balaban J connectivity index is 1.76. The van der Waals surface area contributed by atoms with E-state index in [9.17, 15) is 9.59 Å². The quantitative estimate of drug-likeness (QED) is 0.843. The van der Waals surface area contributed by atoms with Gasteiger partial charge in [0.1, 0.15) is 11.8 Å². The van der Waals surface area contributed by atoms with Crippen molar-refractivity contribution in [2.45, 2.75) is 13.0 Å². The Morgan fingerprint density at radius 3 is 2.61 bits per heavy atom. The van der Waals surface area contributed by atoms with Gasteiger partial charge < -0.3 is 19.7 Å². The van der Waals surface area contributed by atoms with Crippen LogP contribution in [0.5, 0.6) is 5.75 Å². The highest BCUT2D eigenvalue weighted by Crippen LogP contribution is 2.11. The van der Waals surface area contributed by atoms with Gasteiger partial charge in [-0.15, -0.1) is 0 Å². The molecule has 122 valence electrons. The number of hydrogen-bond donors (Lipinski definition) is 1. The summed E-state index contributed by atoms with van der Waals surface area (Å²) in [5, 5.41) is 11.3. The molecule has 0 saturated carbocycles. The van der Waals surface area contributed by atoms with Gasteiger partial charge in [0, 0.05) is 13.1 Å². The van der Waals surface area contributed by atoms with Gasteiger partial charge in [0.05, 0.1) is 24.8 Å². The second kappa shape index (κ2) is 8.15. The number of nitrogens with zero attached hydrogens (tertiary/aromatic N) is 2. The molecule has 1 aromatic rings. The highest BCUT2D eigenvalue weighted by molar-refractivity contribution is 5.87. The fourth-order valence-corrected chi connectivity index (χ4v) is 2.18. The first-order chi connectivity index (χ1) is 11.1. The van der Waals surface area contributed by atoms with E-state index in [1.807, 2.05) is 6.07 Å². The number of rotatable bonds is 5. The van der Waals surface area contributed by atoms with Crippen LogP contribution in [0.4, 0.5) is 0 Å². The minimum absolute atomic E-state index is 0.125. The summed E-state index contributed by atoms with van der Waals surface area (Å²) in [6.45, 7) is 3.59. The van der Waals surface area contributed by atoms with Crippen molar-refractivity contribution in [2.75, 3.05) is 32.9 Å². The molecule has 1 atom stereocenters. The Hall–Kier alpha value is -2.59. The van der Waals surface area contributed by atoms with E-state index in [1.165, 1.54) is 0 Å². The highest BCUT2D eigenvalue weighted by atomic mass is 16.5. The van der Waals surface area contributed by atoms with Crippen molar-refractivity contribution in [1.29, 1.82) is 5.26 Å². The number of ether oxygens (including phenoxy) is 2. The molecule has 1 N–H and O–H groups in total. The van der Waals surface area contributed by atoms with Gasteiger partial charge in [-0.1, -0.05) is 0 Å². The molecule has 2 amide bonds. The number of carbonyl (C=O) groups is 2. The molecule has 7 nitrogen and oxygen atoms in total. The lowest BCUT2D eigenvalue weighted by Crippen LogP contribution is -2.51. The van der Waals surface area contributed by atoms with E-state index in [0.717, 1.165) is 0 Å². The van der Waals surface area contributed by atoms with Crippen molar-refractivity contribution in [2.24, 2.45) is 0 Å². The second-order valence-corrected chi connectivity index (χ2v) is 5.15. The van der Waals surface area contributed by atoms with E-state index in [2.05, 4.69) is 5.32 Å². The monoisotopic (exact) mass is 317 g/mol. The molecular formula is C16H19N3O4. The van der Waals surface area contributed by atoms with Crippen molar-refractivity contribution in [3.63, 3.8) is 0 Å². The van der Waals surface area contributed by atoms with Crippen molar-refractivity contribution in [3.8, 4) is 11.8 Å². The Morgan fingerprint density at radius 1 is 1.35 bits per heavy atom. The molecule has 1 aliphatic rings. The van der Waals surface area contributed by atoms with Crippen LogP contribution >= 0.6 is 0 Å². The van der Waals surface area contributed by atoms with Crippen LogP contribution in [-0.4, -0.2) is 55.7 Å². The zero-order chi connectivity index (χ0) is 16.7. The first-order valence-electron chi connectivity index (χ1n) is 7.39. The van der Waals surface area contributed by atoms with Crippen LogP contribution in [-0.2, 0) is 14.3 Å². The molecule has 23 heavy (non-hydrogen) atoms. The van der Waals surface area contributed by atoms with Crippen LogP contribution in [0.15, 0.2) is 24.3 Å². The molecule has 2 rings (SSSR count). The maximum absolute atomic E-state index is 12.2. The highest BCUT2D eigenvalue weighted by Gasteiger charge is 2.23. The number of benzene rings is 1. The van der Waals surface area contributed by atoms with Gasteiger partial charge in [-0.25, -0.2) is 0 Å². The Kier molecular flexibility index (Phi) is 5.94. The lowest BCUT2D eigenvalue weighted by molar-refractivity contribution is -0.139. The molecule has 0 spiro atoms. The maximum atomic E-state index is 12.2. The fraction of sp³-hybridized carbons (Fsp3) is 0.438. The fourth-order valence-electron chi connectivity index (χ4n) is 2.18. The molecule has 1 aliphatic heterocycles. The summed E-state index contributed by atoms with van der Waals surface area (Å²) in [7, 11) is 0. The zero-order valence-corrected chi connectivity index (χ0v) is 12.9. The number of hydrogen-bond acceptors (Lipinski definition) is 5. The van der Waals surface area contributed by atoms with Crippen LogP contribution in [0.3, 0.4) is 0 Å². The summed E-state index contributed by atoms with van der Waals surface area (Å²) in [6.07, 6.45) is 0. The molecule has 0 unspecified atom stereocenters. The van der Waals surface area contributed by atoms with Crippen LogP contribution in [0, 0.1) is 11.3 Å². The van der Waals surface area contributed by atoms with E-state index in [0.29, 0.717) is 37.6 Å². The number of amides is 2. The standard InChI is InChI=1S/C16H19N3O4/c1-12(16(21)19-6-8-22-9-7-19)18-15(20)11-23-14-4-2-13(10-17)3-5-14/h2-5,12H,6-9,11H2,1H3,(H,18,20)/t12-/m1/s1. The molecule has 1 fully saturated rings. The third kappa shape index (κ3) is 4.97. The Morgan fingerprint density at radius 2 is 2.00 bits per heavy atom. The van der Waals surface area contributed by atoms with Gasteiger partial charge in [0.2, 0.25) is 5.91 Å². The summed E-state index contributed by atoms with van der Waals surface area (Å²) in [6, 6.07) is 7.85. The maximum Gasteiger partial charge on any atom is 0.258 e. The van der Waals surface area contributed by atoms with E-state index < -0.39 is 6.04 Å². The summed E-state index contributed by atoms with van der Waals surface area (Å²) in [4.78, 5) is 25.7. The van der Waals surface area contributed by atoms with Gasteiger partial charge in [-0.2, -0.15) is 5.26 Å². The van der Waals surface area contributed by atoms with E-state index in [1.54, 1.807) is 36.1 Å². The van der Waals surface area contributed by atoms with Crippen LogP contribution in [0.2, 0.25) is 0 Å². The van der Waals surface area contributed by atoms with Crippen LogP contribution in [0.25, 0.3) is 0 Å². The molecule has 0 aromatic heterocycles. The van der Waals surface area contributed by atoms with Crippen molar-refractivity contribution in [3.05, 3.63) is 29.8 Å². The van der Waals surface area contributed by atoms with Gasteiger partial charge in [0.25, 0.3) is 5.91 Å².